The topological polar surface area (TPSA) is 79.5 Å². The molecule has 7 heteroatoms. The van der Waals surface area contributed by atoms with Gasteiger partial charge in [-0.15, -0.1) is 12.4 Å². The number of rotatable bonds is 7. The predicted molar refractivity (Wildman–Crippen MR) is 89.1 cm³/mol. The fourth-order valence-electron chi connectivity index (χ4n) is 2.50. The number of carbonyl (C=O) groups is 2. The van der Waals surface area contributed by atoms with Crippen molar-refractivity contribution in [3.05, 3.63) is 0 Å². The molecule has 1 heterocycles. The van der Waals surface area contributed by atoms with Crippen molar-refractivity contribution in [2.45, 2.75) is 39.7 Å². The van der Waals surface area contributed by atoms with Crippen LogP contribution in [0.3, 0.4) is 0 Å². The largest absolute Gasteiger partial charge is 0.375 e. The Morgan fingerprint density at radius 3 is 2.36 bits per heavy atom. The molecule has 2 amide bonds. The zero-order valence-electron chi connectivity index (χ0n) is 14.0. The van der Waals surface area contributed by atoms with Gasteiger partial charge >= 0.3 is 0 Å². The van der Waals surface area contributed by atoms with Gasteiger partial charge in [-0.05, 0) is 37.3 Å². The molecule has 1 aliphatic rings. The Balaban J connectivity index is 0.00000441. The SMILES string of the molecule is COCC(=O)N[C@H](C(=O)NCC1(C)CCNCC1)C(C)C.Cl. The Labute approximate surface area is 139 Å². The lowest BCUT2D eigenvalue weighted by molar-refractivity contribution is -0.132. The average Bonchev–Trinajstić information content (AvgIpc) is 2.43. The Morgan fingerprint density at radius 2 is 1.86 bits per heavy atom. The normalized spacial score (nSPS) is 18.2. The minimum Gasteiger partial charge on any atom is -0.375 e. The van der Waals surface area contributed by atoms with Crippen LogP contribution < -0.4 is 16.0 Å². The van der Waals surface area contributed by atoms with Crippen LogP contribution in [-0.4, -0.2) is 51.2 Å². The Bertz CT molecular complexity index is 358. The second-order valence-corrected chi connectivity index (χ2v) is 6.50. The first-order valence-electron chi connectivity index (χ1n) is 7.65. The van der Waals surface area contributed by atoms with Crippen LogP contribution in [0, 0.1) is 11.3 Å². The number of hydrogen-bond acceptors (Lipinski definition) is 4. The number of amides is 2. The number of hydrogen-bond donors (Lipinski definition) is 3. The first-order chi connectivity index (χ1) is 9.88. The van der Waals surface area contributed by atoms with Crippen LogP contribution in [0.2, 0.25) is 0 Å². The van der Waals surface area contributed by atoms with Crippen molar-refractivity contribution in [1.29, 1.82) is 0 Å². The van der Waals surface area contributed by atoms with Gasteiger partial charge in [0, 0.05) is 13.7 Å². The standard InChI is InChI=1S/C15H29N3O3.ClH/c1-11(2)13(18-12(19)9-21-4)14(20)17-10-15(3)5-7-16-8-6-15;/h11,13,16H,5-10H2,1-4H3,(H,17,20)(H,18,19);1H/t13-;/m0./s1. The Hall–Kier alpha value is -0.850. The van der Waals surface area contributed by atoms with Crippen molar-refractivity contribution in [3.63, 3.8) is 0 Å². The summed E-state index contributed by atoms with van der Waals surface area (Å²) in [5, 5.41) is 9.05. The molecule has 0 radical (unpaired) electrons. The summed E-state index contributed by atoms with van der Waals surface area (Å²) in [7, 11) is 1.46. The average molecular weight is 336 g/mol. The molecule has 0 spiro atoms. The molecule has 1 aliphatic heterocycles. The van der Waals surface area contributed by atoms with Crippen LogP contribution in [-0.2, 0) is 14.3 Å². The molecule has 0 unspecified atom stereocenters. The molecule has 0 aromatic heterocycles. The van der Waals surface area contributed by atoms with Crippen molar-refractivity contribution in [1.82, 2.24) is 16.0 Å². The maximum absolute atomic E-state index is 12.3. The second kappa shape index (κ2) is 10.0. The number of carbonyl (C=O) groups excluding carboxylic acids is 2. The van der Waals surface area contributed by atoms with Gasteiger partial charge in [0.05, 0.1) is 0 Å². The molecule has 1 saturated heterocycles. The molecule has 0 aromatic carbocycles. The summed E-state index contributed by atoms with van der Waals surface area (Å²) in [6.45, 7) is 8.64. The van der Waals surface area contributed by atoms with E-state index in [1.807, 2.05) is 13.8 Å². The highest BCUT2D eigenvalue weighted by Crippen LogP contribution is 2.26. The predicted octanol–water partition coefficient (Wildman–Crippen LogP) is 0.701. The maximum Gasteiger partial charge on any atom is 0.246 e. The van der Waals surface area contributed by atoms with Crippen LogP contribution >= 0.6 is 12.4 Å². The number of halogens is 1. The Kier molecular flexibility index (Phi) is 9.64. The maximum atomic E-state index is 12.3. The monoisotopic (exact) mass is 335 g/mol. The minimum atomic E-state index is -0.516. The fraction of sp³-hybridized carbons (Fsp3) is 0.867. The number of nitrogens with one attached hydrogen (secondary N) is 3. The van der Waals surface area contributed by atoms with Crippen LogP contribution in [0.1, 0.15) is 33.6 Å². The third kappa shape index (κ3) is 6.94. The third-order valence-electron chi connectivity index (χ3n) is 4.04. The molecular formula is C15H30ClN3O3. The summed E-state index contributed by atoms with van der Waals surface area (Å²) >= 11 is 0. The lowest BCUT2D eigenvalue weighted by Gasteiger charge is -2.35. The second-order valence-electron chi connectivity index (χ2n) is 6.50. The van der Waals surface area contributed by atoms with Crippen molar-refractivity contribution < 1.29 is 14.3 Å². The van der Waals surface area contributed by atoms with Gasteiger partial charge in [0.1, 0.15) is 12.6 Å². The van der Waals surface area contributed by atoms with Gasteiger partial charge in [-0.2, -0.15) is 0 Å². The summed E-state index contributed by atoms with van der Waals surface area (Å²) in [5.41, 5.74) is 0.138. The molecule has 0 aromatic rings. The van der Waals surface area contributed by atoms with Crippen molar-refractivity contribution in [3.8, 4) is 0 Å². The molecular weight excluding hydrogens is 306 g/mol. The summed E-state index contributed by atoms with van der Waals surface area (Å²) < 4.78 is 4.78. The van der Waals surface area contributed by atoms with Crippen LogP contribution in [0.5, 0.6) is 0 Å². The molecule has 0 aliphatic carbocycles. The van der Waals surface area contributed by atoms with Crippen LogP contribution in [0.15, 0.2) is 0 Å². The van der Waals surface area contributed by atoms with E-state index in [1.165, 1.54) is 7.11 Å². The zero-order chi connectivity index (χ0) is 15.9. The van der Waals surface area contributed by atoms with Gasteiger partial charge in [0.15, 0.2) is 0 Å². The molecule has 1 rings (SSSR count). The lowest BCUT2D eigenvalue weighted by atomic mass is 9.81. The van der Waals surface area contributed by atoms with E-state index in [2.05, 4.69) is 22.9 Å². The molecule has 22 heavy (non-hydrogen) atoms. The number of methoxy groups -OCH3 is 1. The first kappa shape index (κ1) is 21.1. The van der Waals surface area contributed by atoms with Crippen LogP contribution in [0.4, 0.5) is 0 Å². The van der Waals surface area contributed by atoms with Gasteiger partial charge < -0.3 is 20.7 Å². The van der Waals surface area contributed by atoms with E-state index < -0.39 is 6.04 Å². The first-order valence-corrected chi connectivity index (χ1v) is 7.65. The molecule has 1 fully saturated rings. The molecule has 1 atom stereocenters. The highest BCUT2D eigenvalue weighted by Gasteiger charge is 2.29. The van der Waals surface area contributed by atoms with Crippen LogP contribution in [0.25, 0.3) is 0 Å². The Morgan fingerprint density at radius 1 is 1.27 bits per heavy atom. The highest BCUT2D eigenvalue weighted by atomic mass is 35.5. The van der Waals surface area contributed by atoms with Gasteiger partial charge in [0.25, 0.3) is 0 Å². The van der Waals surface area contributed by atoms with E-state index in [0.29, 0.717) is 6.54 Å². The van der Waals surface area contributed by atoms with Gasteiger partial charge in [-0.25, -0.2) is 0 Å². The van der Waals surface area contributed by atoms with Gasteiger partial charge in [-0.3, -0.25) is 9.59 Å². The molecule has 3 N–H and O–H groups in total. The van der Waals surface area contributed by atoms with E-state index >= 15 is 0 Å². The van der Waals surface area contributed by atoms with E-state index in [1.54, 1.807) is 0 Å². The van der Waals surface area contributed by atoms with E-state index in [9.17, 15) is 9.59 Å². The summed E-state index contributed by atoms with van der Waals surface area (Å²) in [6, 6.07) is -0.516. The highest BCUT2D eigenvalue weighted by molar-refractivity contribution is 5.88. The van der Waals surface area contributed by atoms with E-state index in [0.717, 1.165) is 25.9 Å². The summed E-state index contributed by atoms with van der Waals surface area (Å²) in [4.78, 5) is 23.9. The molecule has 0 saturated carbocycles. The minimum absolute atomic E-state index is 0. The molecule has 0 bridgehead atoms. The lowest BCUT2D eigenvalue weighted by Crippen LogP contribution is -2.53. The van der Waals surface area contributed by atoms with Crippen molar-refractivity contribution in [2.75, 3.05) is 33.4 Å². The smallest absolute Gasteiger partial charge is 0.246 e. The zero-order valence-corrected chi connectivity index (χ0v) is 14.8. The van der Waals surface area contributed by atoms with Gasteiger partial charge in [0.2, 0.25) is 11.8 Å². The number of ether oxygens (including phenoxy) is 1. The molecule has 6 nitrogen and oxygen atoms in total. The van der Waals surface area contributed by atoms with Gasteiger partial charge in [-0.1, -0.05) is 20.8 Å². The molecule has 130 valence electrons. The summed E-state index contributed by atoms with van der Waals surface area (Å²) in [6.07, 6.45) is 2.10. The summed E-state index contributed by atoms with van der Waals surface area (Å²) in [5.74, 6) is -0.347. The third-order valence-corrected chi connectivity index (χ3v) is 4.04. The van der Waals surface area contributed by atoms with Crippen molar-refractivity contribution in [2.24, 2.45) is 11.3 Å². The quantitative estimate of drug-likeness (QED) is 0.640. The van der Waals surface area contributed by atoms with Crippen molar-refractivity contribution >= 4 is 24.2 Å². The fourth-order valence-corrected chi connectivity index (χ4v) is 2.50. The van der Waals surface area contributed by atoms with E-state index in [-0.39, 0.29) is 42.2 Å². The van der Waals surface area contributed by atoms with E-state index in [4.69, 9.17) is 4.74 Å². The number of piperidine rings is 1.